The Kier molecular flexibility index (Phi) is 9.76. The van der Waals surface area contributed by atoms with Crippen molar-refractivity contribution >= 4 is 29.3 Å². The number of carbonyl (C=O) groups is 3. The Hall–Kier alpha value is -5.91. The van der Waals surface area contributed by atoms with E-state index < -0.39 is 24.0 Å². The third-order valence-electron chi connectivity index (χ3n) is 7.01. The summed E-state index contributed by atoms with van der Waals surface area (Å²) < 4.78 is 23.1. The molecule has 0 aliphatic heterocycles. The van der Waals surface area contributed by atoms with Gasteiger partial charge in [0, 0.05) is 23.5 Å². The molecular weight excluding hydrogens is 590 g/mol. The van der Waals surface area contributed by atoms with E-state index in [4.69, 9.17) is 18.9 Å². The third kappa shape index (κ3) is 7.41. The number of methoxy groups -OCH3 is 2. The number of hydrogen-bond acceptors (Lipinski definition) is 9. The molecule has 2 heterocycles. The van der Waals surface area contributed by atoms with Crippen LogP contribution in [-0.4, -0.2) is 52.8 Å². The zero-order valence-electron chi connectivity index (χ0n) is 25.7. The average Bonchev–Trinajstić information content (AvgIpc) is 3.52. The van der Waals surface area contributed by atoms with Gasteiger partial charge in [0.05, 0.1) is 19.9 Å². The summed E-state index contributed by atoms with van der Waals surface area (Å²) >= 11 is 0. The minimum absolute atomic E-state index is 0.0737. The predicted octanol–water partition coefficient (Wildman–Crippen LogP) is 5.52. The van der Waals surface area contributed by atoms with Crippen molar-refractivity contribution in [3.63, 3.8) is 0 Å². The van der Waals surface area contributed by atoms with E-state index >= 15 is 0 Å². The van der Waals surface area contributed by atoms with Crippen LogP contribution < -0.4 is 24.8 Å². The SMILES string of the molecule is COc1ccc(-c2ccnc3cc(C(=O)Nc4ccc(OC(=O)[C@@H](NC(=O)OCc5ccccc5)C(C)C)cc4)nn23)cc1OC. The molecule has 0 bridgehead atoms. The molecule has 2 N–H and O–H groups in total. The first kappa shape index (κ1) is 31.5. The molecule has 0 spiro atoms. The fourth-order valence-electron chi connectivity index (χ4n) is 4.59. The summed E-state index contributed by atoms with van der Waals surface area (Å²) in [5.74, 6) is 0.0275. The normalized spacial score (nSPS) is 11.5. The van der Waals surface area contributed by atoms with Crippen molar-refractivity contribution in [1.82, 2.24) is 19.9 Å². The van der Waals surface area contributed by atoms with E-state index in [0.29, 0.717) is 28.5 Å². The van der Waals surface area contributed by atoms with Crippen LogP contribution >= 0.6 is 0 Å². The molecule has 1 atom stereocenters. The smallest absolute Gasteiger partial charge is 0.408 e. The lowest BCUT2D eigenvalue weighted by Gasteiger charge is -2.20. The molecule has 2 aromatic heterocycles. The van der Waals surface area contributed by atoms with Gasteiger partial charge in [-0.3, -0.25) is 4.79 Å². The second-order valence-corrected chi connectivity index (χ2v) is 10.5. The van der Waals surface area contributed by atoms with Crippen LogP contribution in [0.15, 0.2) is 91.1 Å². The number of carbonyl (C=O) groups excluding carboxylic acids is 3. The topological polar surface area (TPSA) is 142 Å². The molecule has 0 radical (unpaired) electrons. The van der Waals surface area contributed by atoms with Crippen LogP contribution in [0.4, 0.5) is 10.5 Å². The number of benzene rings is 3. The number of nitrogens with zero attached hydrogens (tertiary/aromatic N) is 3. The lowest BCUT2D eigenvalue weighted by molar-refractivity contribution is -0.137. The van der Waals surface area contributed by atoms with E-state index in [2.05, 4.69) is 20.7 Å². The Morgan fingerprint density at radius 2 is 1.61 bits per heavy atom. The number of anilines is 1. The Morgan fingerprint density at radius 3 is 2.30 bits per heavy atom. The van der Waals surface area contributed by atoms with Crippen molar-refractivity contribution in [2.75, 3.05) is 19.5 Å². The molecule has 0 aliphatic rings. The highest BCUT2D eigenvalue weighted by Gasteiger charge is 2.27. The molecule has 2 amide bonds. The van der Waals surface area contributed by atoms with Gasteiger partial charge in [-0.15, -0.1) is 0 Å². The lowest BCUT2D eigenvalue weighted by atomic mass is 10.1. The number of nitrogens with one attached hydrogen (secondary N) is 2. The van der Waals surface area contributed by atoms with Gasteiger partial charge in [-0.2, -0.15) is 5.10 Å². The summed E-state index contributed by atoms with van der Waals surface area (Å²) in [4.78, 5) is 42.7. The second-order valence-electron chi connectivity index (χ2n) is 10.5. The summed E-state index contributed by atoms with van der Waals surface area (Å²) in [5.41, 5.74) is 3.42. The van der Waals surface area contributed by atoms with Crippen LogP contribution in [0.25, 0.3) is 16.9 Å². The van der Waals surface area contributed by atoms with E-state index in [9.17, 15) is 14.4 Å². The van der Waals surface area contributed by atoms with Crippen molar-refractivity contribution in [3.8, 4) is 28.5 Å². The van der Waals surface area contributed by atoms with Crippen molar-refractivity contribution in [2.24, 2.45) is 5.92 Å². The molecule has 12 heteroatoms. The van der Waals surface area contributed by atoms with Crippen LogP contribution in [0.2, 0.25) is 0 Å². The number of esters is 1. The monoisotopic (exact) mass is 623 g/mol. The molecule has 0 fully saturated rings. The summed E-state index contributed by atoms with van der Waals surface area (Å²) in [6.45, 7) is 3.64. The molecule has 3 aromatic carbocycles. The molecular formula is C34H33N5O7. The van der Waals surface area contributed by atoms with Crippen LogP contribution in [-0.2, 0) is 16.1 Å². The lowest BCUT2D eigenvalue weighted by Crippen LogP contribution is -2.46. The molecule has 0 aliphatic carbocycles. The maximum absolute atomic E-state index is 13.1. The molecule has 0 unspecified atom stereocenters. The van der Waals surface area contributed by atoms with E-state index in [1.54, 1.807) is 81.2 Å². The summed E-state index contributed by atoms with van der Waals surface area (Å²) in [6.07, 6.45) is 0.910. The van der Waals surface area contributed by atoms with E-state index in [1.807, 2.05) is 42.5 Å². The highest BCUT2D eigenvalue weighted by atomic mass is 16.6. The van der Waals surface area contributed by atoms with Gasteiger partial charge >= 0.3 is 12.1 Å². The van der Waals surface area contributed by atoms with Gasteiger partial charge in [-0.1, -0.05) is 44.2 Å². The number of aromatic nitrogens is 3. The van der Waals surface area contributed by atoms with Gasteiger partial charge in [0.25, 0.3) is 5.91 Å². The fraction of sp³-hybridized carbons (Fsp3) is 0.206. The van der Waals surface area contributed by atoms with Crippen molar-refractivity contribution in [3.05, 3.63) is 102 Å². The minimum Gasteiger partial charge on any atom is -0.493 e. The first-order chi connectivity index (χ1) is 22.2. The number of rotatable bonds is 11. The highest BCUT2D eigenvalue weighted by molar-refractivity contribution is 6.03. The maximum atomic E-state index is 13.1. The number of fused-ring (bicyclic) bond motifs is 1. The number of hydrogen-bond donors (Lipinski definition) is 2. The Bertz CT molecular complexity index is 1840. The standard InChI is InChI=1S/C34H33N5O7/c1-21(2)31(37-34(42)45-20-22-8-6-5-7-9-22)33(41)46-25-13-11-24(12-14-25)36-32(40)26-19-30-35-17-16-27(39(30)38-26)23-10-15-28(43-3)29(18-23)44-4/h5-19,21,31H,20H2,1-4H3,(H,36,40)(H,37,42)/t31-/m0/s1. The van der Waals surface area contributed by atoms with Crippen LogP contribution in [0, 0.1) is 5.92 Å². The average molecular weight is 624 g/mol. The van der Waals surface area contributed by atoms with Crippen molar-refractivity contribution < 1.29 is 33.3 Å². The quantitative estimate of drug-likeness (QED) is 0.144. The summed E-state index contributed by atoms with van der Waals surface area (Å²) in [7, 11) is 3.12. The van der Waals surface area contributed by atoms with Gasteiger partial charge in [-0.05, 0) is 60.0 Å². The Labute approximate surface area is 265 Å². The van der Waals surface area contributed by atoms with E-state index in [1.165, 1.54) is 0 Å². The molecule has 5 rings (SSSR count). The van der Waals surface area contributed by atoms with E-state index in [-0.39, 0.29) is 24.0 Å². The zero-order valence-corrected chi connectivity index (χ0v) is 25.7. The molecule has 12 nitrogen and oxygen atoms in total. The highest BCUT2D eigenvalue weighted by Crippen LogP contribution is 2.32. The summed E-state index contributed by atoms with van der Waals surface area (Å²) in [5, 5.41) is 9.86. The third-order valence-corrected chi connectivity index (χ3v) is 7.01. The maximum Gasteiger partial charge on any atom is 0.408 e. The largest absolute Gasteiger partial charge is 0.493 e. The molecule has 5 aromatic rings. The predicted molar refractivity (Wildman–Crippen MR) is 170 cm³/mol. The Morgan fingerprint density at radius 1 is 0.870 bits per heavy atom. The molecule has 0 saturated heterocycles. The number of alkyl carbamates (subject to hydrolysis) is 1. The van der Waals surface area contributed by atoms with Crippen LogP contribution in [0.5, 0.6) is 17.2 Å². The van der Waals surface area contributed by atoms with Gasteiger partial charge in [0.15, 0.2) is 22.8 Å². The van der Waals surface area contributed by atoms with E-state index in [0.717, 1.165) is 11.1 Å². The first-order valence-electron chi connectivity index (χ1n) is 14.4. The van der Waals surface area contributed by atoms with Gasteiger partial charge in [0.2, 0.25) is 0 Å². The van der Waals surface area contributed by atoms with Gasteiger partial charge in [-0.25, -0.2) is 19.1 Å². The Balaban J connectivity index is 1.21. The molecule has 236 valence electrons. The zero-order chi connectivity index (χ0) is 32.6. The molecule has 0 saturated carbocycles. The second kappa shape index (κ2) is 14.2. The van der Waals surface area contributed by atoms with Crippen LogP contribution in [0.3, 0.4) is 0 Å². The fourth-order valence-corrected chi connectivity index (χ4v) is 4.59. The summed E-state index contributed by atoms with van der Waals surface area (Å²) in [6, 6.07) is 23.4. The van der Waals surface area contributed by atoms with Crippen molar-refractivity contribution in [1.29, 1.82) is 0 Å². The number of ether oxygens (including phenoxy) is 4. The number of amides is 2. The minimum atomic E-state index is -0.935. The van der Waals surface area contributed by atoms with Gasteiger partial charge in [0.1, 0.15) is 18.4 Å². The first-order valence-corrected chi connectivity index (χ1v) is 14.4. The van der Waals surface area contributed by atoms with Gasteiger partial charge < -0.3 is 29.6 Å². The van der Waals surface area contributed by atoms with Crippen molar-refractivity contribution in [2.45, 2.75) is 26.5 Å². The molecule has 46 heavy (non-hydrogen) atoms. The van der Waals surface area contributed by atoms with Crippen LogP contribution in [0.1, 0.15) is 29.9 Å².